The van der Waals surface area contributed by atoms with Crippen molar-refractivity contribution in [1.82, 2.24) is 0 Å². The molecule has 0 aliphatic rings. The summed E-state index contributed by atoms with van der Waals surface area (Å²) in [7, 11) is -9.68. The molecular weight excluding hydrogens is 435 g/mol. The van der Waals surface area contributed by atoms with E-state index in [-0.39, 0.29) is 16.9 Å². The molecule has 1 aromatic carbocycles. The van der Waals surface area contributed by atoms with Crippen LogP contribution in [-0.2, 0) is 15.9 Å². The molecule has 0 bridgehead atoms. The molecule has 0 spiro atoms. The van der Waals surface area contributed by atoms with Crippen LogP contribution < -0.4 is 0 Å². The maximum atomic E-state index is 12.2. The van der Waals surface area contributed by atoms with E-state index >= 15 is 0 Å². The fraction of sp³-hybridized carbons (Fsp3) is 0.652. The van der Waals surface area contributed by atoms with E-state index in [9.17, 15) is 19.4 Å². The highest BCUT2D eigenvalue weighted by atomic mass is 32.5. The van der Waals surface area contributed by atoms with Gasteiger partial charge in [0.15, 0.2) is 0 Å². The van der Waals surface area contributed by atoms with Gasteiger partial charge in [-0.1, -0.05) is 63.7 Å². The average molecular weight is 471 g/mol. The van der Waals surface area contributed by atoms with Crippen LogP contribution in [0.5, 0.6) is 0 Å². The van der Waals surface area contributed by atoms with Crippen molar-refractivity contribution in [3.8, 4) is 11.2 Å². The molecule has 0 fully saturated rings. The van der Waals surface area contributed by atoms with Gasteiger partial charge in [-0.2, -0.15) is 0 Å². The monoisotopic (exact) mass is 470 g/mol. The second kappa shape index (κ2) is 12.1. The van der Waals surface area contributed by atoms with E-state index in [1.165, 1.54) is 30.9 Å². The second-order valence-corrected chi connectivity index (χ2v) is 10.1. The van der Waals surface area contributed by atoms with Gasteiger partial charge < -0.3 is 9.47 Å². The second-order valence-electron chi connectivity index (χ2n) is 8.00. The highest BCUT2D eigenvalue weighted by Gasteiger charge is 2.62. The van der Waals surface area contributed by atoms with Crippen molar-refractivity contribution >= 4 is 10.2 Å². The van der Waals surface area contributed by atoms with Crippen LogP contribution in [0, 0.1) is 11.2 Å². The van der Waals surface area contributed by atoms with Gasteiger partial charge in [-0.3, -0.25) is 0 Å². The number of hydrogen-bond acceptors (Lipinski definition) is 2. The SMILES string of the molecule is CC(C)OCCCOCCCCCCCCCc1ccc(C#CS(F)(F)(F)(F)F)cc1. The third-order valence-electron chi connectivity index (χ3n) is 4.48. The van der Waals surface area contributed by atoms with Gasteiger partial charge in [0.2, 0.25) is 0 Å². The smallest absolute Gasteiger partial charge is 0.345 e. The molecule has 2 nitrogen and oxygen atoms in total. The number of ether oxygens (including phenoxy) is 2. The number of aryl methyl sites for hydroxylation is 1. The maximum absolute atomic E-state index is 12.2. The molecule has 0 N–H and O–H groups in total. The molecule has 0 aliphatic heterocycles. The Morgan fingerprint density at radius 1 is 0.742 bits per heavy atom. The lowest BCUT2D eigenvalue weighted by molar-refractivity contribution is 0.0507. The Morgan fingerprint density at radius 2 is 1.29 bits per heavy atom. The molecule has 1 aromatic rings. The molecule has 0 saturated heterocycles. The molecule has 0 radical (unpaired) electrons. The lowest BCUT2D eigenvalue weighted by atomic mass is 10.0. The average Bonchev–Trinajstić information content (AvgIpc) is 2.66. The van der Waals surface area contributed by atoms with E-state index in [4.69, 9.17) is 9.47 Å². The van der Waals surface area contributed by atoms with Crippen LogP contribution in [-0.4, -0.2) is 25.9 Å². The zero-order valence-electron chi connectivity index (χ0n) is 18.5. The highest BCUT2D eigenvalue weighted by Crippen LogP contribution is 2.97. The first kappa shape index (κ1) is 27.7. The first-order valence-electron chi connectivity index (χ1n) is 10.9. The van der Waals surface area contributed by atoms with Gasteiger partial charge in [-0.05, 0) is 63.1 Å². The van der Waals surface area contributed by atoms with Gasteiger partial charge in [-0.25, -0.2) is 0 Å². The zero-order valence-corrected chi connectivity index (χ0v) is 19.3. The third kappa shape index (κ3) is 18.0. The molecule has 0 atom stereocenters. The number of halogens is 5. The Kier molecular flexibility index (Phi) is 10.8. The van der Waals surface area contributed by atoms with Gasteiger partial charge in [0.25, 0.3) is 0 Å². The van der Waals surface area contributed by atoms with Crippen molar-refractivity contribution in [3.63, 3.8) is 0 Å². The first-order chi connectivity index (χ1) is 14.3. The number of hydrogen-bond donors (Lipinski definition) is 0. The lowest BCUT2D eigenvalue weighted by Gasteiger charge is -2.33. The minimum absolute atomic E-state index is 0.0649. The Hall–Kier alpha value is -1.30. The summed E-state index contributed by atoms with van der Waals surface area (Å²) in [5.41, 5.74) is 0.902. The molecule has 0 saturated carbocycles. The van der Waals surface area contributed by atoms with Crippen LogP contribution in [0.15, 0.2) is 24.3 Å². The lowest BCUT2D eigenvalue weighted by Crippen LogP contribution is -2.07. The maximum Gasteiger partial charge on any atom is 0.345 e. The Balaban J connectivity index is 2.03. The third-order valence-corrected chi connectivity index (χ3v) is 4.97. The fourth-order valence-corrected chi connectivity index (χ4v) is 3.22. The summed E-state index contributed by atoms with van der Waals surface area (Å²) in [5, 5.41) is 0.232. The van der Waals surface area contributed by atoms with Gasteiger partial charge >= 0.3 is 10.2 Å². The Bertz CT molecular complexity index is 691. The van der Waals surface area contributed by atoms with E-state index in [1.807, 2.05) is 13.8 Å². The molecule has 0 aliphatic carbocycles. The number of rotatable bonds is 15. The van der Waals surface area contributed by atoms with Crippen molar-refractivity contribution in [3.05, 3.63) is 35.4 Å². The summed E-state index contributed by atoms with van der Waals surface area (Å²) >= 11 is 0. The summed E-state index contributed by atoms with van der Waals surface area (Å²) in [6.07, 6.45) is 9.79. The van der Waals surface area contributed by atoms with E-state index in [0.717, 1.165) is 70.3 Å². The van der Waals surface area contributed by atoms with Crippen molar-refractivity contribution in [1.29, 1.82) is 0 Å². The van der Waals surface area contributed by atoms with Crippen LogP contribution in [0.25, 0.3) is 0 Å². The molecular formula is C23H35F5O2S. The largest absolute Gasteiger partial charge is 0.381 e. The molecule has 31 heavy (non-hydrogen) atoms. The van der Waals surface area contributed by atoms with Gasteiger partial charge in [0, 0.05) is 25.4 Å². The molecule has 0 amide bonds. The quantitative estimate of drug-likeness (QED) is 0.146. The Morgan fingerprint density at radius 3 is 1.87 bits per heavy atom. The van der Waals surface area contributed by atoms with Crippen molar-refractivity contribution in [2.45, 2.75) is 77.7 Å². The minimum atomic E-state index is -9.68. The molecule has 0 aromatic heterocycles. The topological polar surface area (TPSA) is 18.5 Å². The fourth-order valence-electron chi connectivity index (χ4n) is 2.91. The van der Waals surface area contributed by atoms with Crippen LogP contribution in [0.1, 0.15) is 76.3 Å². The summed E-state index contributed by atoms with van der Waals surface area (Å²) in [6, 6.07) is 5.99. The number of benzene rings is 1. The minimum Gasteiger partial charge on any atom is -0.381 e. The van der Waals surface area contributed by atoms with Crippen LogP contribution in [0.3, 0.4) is 0 Å². The van der Waals surface area contributed by atoms with Gasteiger partial charge in [0.1, 0.15) is 0 Å². The summed E-state index contributed by atoms with van der Waals surface area (Å²) < 4.78 is 72.2. The van der Waals surface area contributed by atoms with Gasteiger partial charge in [-0.15, -0.1) is 0 Å². The zero-order chi connectivity index (χ0) is 23.3. The van der Waals surface area contributed by atoms with Crippen molar-refractivity contribution < 1.29 is 28.9 Å². The molecule has 1 rings (SSSR count). The molecule has 8 heteroatoms. The van der Waals surface area contributed by atoms with E-state index < -0.39 is 10.2 Å². The highest BCUT2D eigenvalue weighted by molar-refractivity contribution is 8.49. The first-order valence-corrected chi connectivity index (χ1v) is 12.9. The molecule has 0 unspecified atom stereocenters. The summed E-state index contributed by atoms with van der Waals surface area (Å²) in [5.74, 6) is 1.53. The molecule has 0 heterocycles. The normalized spacial score (nSPS) is 14.1. The predicted molar refractivity (Wildman–Crippen MR) is 119 cm³/mol. The Labute approximate surface area is 183 Å². The van der Waals surface area contributed by atoms with E-state index in [0.29, 0.717) is 0 Å². The standard InChI is InChI=1S/C23H35F5O2S/c1-21(2)30-19-10-18-29-17-9-7-5-3-4-6-8-11-22-12-14-23(15-13-22)16-20-31(24,25,26,27)28/h12-15,21H,3-11,17-19H2,1-2H3. The number of unbranched alkanes of at least 4 members (excludes halogenated alkanes) is 6. The van der Waals surface area contributed by atoms with E-state index in [2.05, 4.69) is 0 Å². The molecule has 180 valence electrons. The predicted octanol–water partition coefficient (Wildman–Crippen LogP) is 8.40. The van der Waals surface area contributed by atoms with Crippen molar-refractivity contribution in [2.24, 2.45) is 0 Å². The van der Waals surface area contributed by atoms with Crippen LogP contribution in [0.4, 0.5) is 19.4 Å². The summed E-state index contributed by atoms with van der Waals surface area (Å²) in [4.78, 5) is 0. The van der Waals surface area contributed by atoms with Gasteiger partial charge in [0.05, 0.1) is 11.4 Å². The van der Waals surface area contributed by atoms with E-state index in [1.54, 1.807) is 12.1 Å². The van der Waals surface area contributed by atoms with Crippen molar-refractivity contribution in [2.75, 3.05) is 19.8 Å². The van der Waals surface area contributed by atoms with Crippen LogP contribution >= 0.6 is 10.2 Å². The van der Waals surface area contributed by atoms with Crippen LogP contribution in [0.2, 0.25) is 0 Å². The summed E-state index contributed by atoms with van der Waals surface area (Å²) in [6.45, 7) is 6.33.